The number of nitrogens with two attached hydrogens (primary N) is 1. The normalized spacial score (nSPS) is 27.4. The molecule has 1 aliphatic rings. The van der Waals surface area contributed by atoms with E-state index >= 15 is 0 Å². The summed E-state index contributed by atoms with van der Waals surface area (Å²) in [4.78, 5) is 0. The summed E-state index contributed by atoms with van der Waals surface area (Å²) in [6.07, 6.45) is -4.60. The van der Waals surface area contributed by atoms with Crippen LogP contribution in [0.4, 0.5) is 0 Å². The molecule has 2 aromatic rings. The lowest BCUT2D eigenvalue weighted by Gasteiger charge is -2.19. The number of fused-ring (bicyclic) bond motifs is 1. The molecule has 3 rings (SSSR count). The van der Waals surface area contributed by atoms with Crippen LogP contribution in [0.5, 0.6) is 0 Å². The standard InChI is InChI=1S/C14H14BrCl2N3O5/c15-12-9(13(18)19-24)4-1-5(16)6(17)2-7(4)20(12)14-11(23)10(22)8(3-21)25-14/h1-2,8,10-11,14,21-24H,3H2,(H2,18,19)/t8-,10?,11?,14-/m1/s1. The molecule has 0 bridgehead atoms. The van der Waals surface area contributed by atoms with Gasteiger partial charge in [-0.05, 0) is 28.1 Å². The van der Waals surface area contributed by atoms with Gasteiger partial charge in [0.1, 0.15) is 18.3 Å². The average Bonchev–Trinajstić information content (AvgIpc) is 3.01. The Morgan fingerprint density at radius 3 is 2.48 bits per heavy atom. The van der Waals surface area contributed by atoms with Gasteiger partial charge in [-0.1, -0.05) is 28.4 Å². The minimum Gasteiger partial charge on any atom is -0.409 e. The van der Waals surface area contributed by atoms with Crippen molar-refractivity contribution in [3.63, 3.8) is 0 Å². The van der Waals surface area contributed by atoms with E-state index in [0.29, 0.717) is 21.1 Å². The van der Waals surface area contributed by atoms with E-state index in [0.717, 1.165) is 0 Å². The number of halogens is 3. The van der Waals surface area contributed by atoms with Gasteiger partial charge in [0.2, 0.25) is 0 Å². The molecule has 0 amide bonds. The highest BCUT2D eigenvalue weighted by Gasteiger charge is 2.44. The lowest BCUT2D eigenvalue weighted by molar-refractivity contribution is -0.0515. The van der Waals surface area contributed by atoms with Gasteiger partial charge in [-0.2, -0.15) is 0 Å². The highest BCUT2D eigenvalue weighted by molar-refractivity contribution is 9.10. The van der Waals surface area contributed by atoms with Crippen molar-refractivity contribution in [3.05, 3.63) is 32.3 Å². The van der Waals surface area contributed by atoms with Crippen molar-refractivity contribution < 1.29 is 25.3 Å². The molecule has 2 heterocycles. The molecule has 11 heteroatoms. The third kappa shape index (κ3) is 2.89. The average molecular weight is 455 g/mol. The third-order valence-corrected chi connectivity index (χ3v) is 5.62. The van der Waals surface area contributed by atoms with Crippen molar-refractivity contribution in [2.24, 2.45) is 10.9 Å². The van der Waals surface area contributed by atoms with E-state index < -0.39 is 31.1 Å². The van der Waals surface area contributed by atoms with Crippen molar-refractivity contribution in [3.8, 4) is 0 Å². The SMILES string of the molecule is N/C(=N\O)c1c(Br)n([C@@H]2O[C@H](CO)C(O)C2O)c2cc(Cl)c(Cl)cc12. The first-order valence-corrected chi connectivity index (χ1v) is 8.65. The smallest absolute Gasteiger partial charge is 0.173 e. The van der Waals surface area contributed by atoms with E-state index in [9.17, 15) is 15.3 Å². The Hall–Kier alpha value is -1.07. The first-order valence-electron chi connectivity index (χ1n) is 7.10. The van der Waals surface area contributed by atoms with Gasteiger partial charge in [0.05, 0.1) is 32.3 Å². The summed E-state index contributed by atoms with van der Waals surface area (Å²) in [5, 5.41) is 42.7. The Morgan fingerprint density at radius 1 is 1.28 bits per heavy atom. The molecule has 0 spiro atoms. The van der Waals surface area contributed by atoms with Crippen molar-refractivity contribution in [2.75, 3.05) is 6.61 Å². The summed E-state index contributed by atoms with van der Waals surface area (Å²) in [5.41, 5.74) is 6.55. The van der Waals surface area contributed by atoms with Gasteiger partial charge in [0, 0.05) is 5.39 Å². The predicted molar refractivity (Wildman–Crippen MR) is 95.2 cm³/mol. The molecule has 0 saturated carbocycles. The fraction of sp³-hybridized carbons (Fsp3) is 0.357. The molecular formula is C14H14BrCl2N3O5. The maximum absolute atomic E-state index is 10.3. The van der Waals surface area contributed by atoms with Crippen molar-refractivity contribution in [1.82, 2.24) is 4.57 Å². The Morgan fingerprint density at radius 2 is 1.92 bits per heavy atom. The van der Waals surface area contributed by atoms with Crippen LogP contribution in [-0.2, 0) is 4.74 Å². The number of hydrogen-bond acceptors (Lipinski definition) is 6. The summed E-state index contributed by atoms with van der Waals surface area (Å²) in [7, 11) is 0. The van der Waals surface area contributed by atoms with Crippen LogP contribution in [0.1, 0.15) is 11.8 Å². The van der Waals surface area contributed by atoms with Crippen LogP contribution in [0.2, 0.25) is 10.0 Å². The molecule has 1 aromatic heterocycles. The molecule has 0 radical (unpaired) electrons. The van der Waals surface area contributed by atoms with Gasteiger partial charge >= 0.3 is 0 Å². The van der Waals surface area contributed by atoms with Crippen molar-refractivity contribution in [1.29, 1.82) is 0 Å². The van der Waals surface area contributed by atoms with E-state index in [2.05, 4.69) is 21.1 Å². The number of benzene rings is 1. The van der Waals surface area contributed by atoms with E-state index in [-0.39, 0.29) is 15.9 Å². The van der Waals surface area contributed by atoms with Crippen molar-refractivity contribution in [2.45, 2.75) is 24.5 Å². The maximum atomic E-state index is 10.3. The number of aliphatic hydroxyl groups excluding tert-OH is 3. The summed E-state index contributed by atoms with van der Waals surface area (Å²) < 4.78 is 7.39. The second-order valence-electron chi connectivity index (χ2n) is 5.53. The number of rotatable bonds is 3. The minimum atomic E-state index is -1.32. The third-order valence-electron chi connectivity index (χ3n) is 4.12. The number of aliphatic hydroxyl groups is 3. The molecule has 136 valence electrons. The van der Waals surface area contributed by atoms with Gasteiger partial charge in [0.15, 0.2) is 12.1 Å². The molecule has 1 aromatic carbocycles. The van der Waals surface area contributed by atoms with Gasteiger partial charge < -0.3 is 35.6 Å². The zero-order valence-electron chi connectivity index (χ0n) is 12.5. The molecule has 2 unspecified atom stereocenters. The fourth-order valence-electron chi connectivity index (χ4n) is 2.91. The number of amidine groups is 1. The highest BCUT2D eigenvalue weighted by Crippen LogP contribution is 2.41. The van der Waals surface area contributed by atoms with E-state index in [1.807, 2.05) is 0 Å². The lowest BCUT2D eigenvalue weighted by atomic mass is 10.1. The maximum Gasteiger partial charge on any atom is 0.173 e. The molecule has 1 fully saturated rings. The van der Waals surface area contributed by atoms with E-state index in [4.69, 9.17) is 38.9 Å². The summed E-state index contributed by atoms with van der Waals surface area (Å²) >= 11 is 15.5. The molecule has 4 atom stereocenters. The first kappa shape index (κ1) is 18.7. The Kier molecular flexibility index (Phi) is 5.18. The molecule has 0 aliphatic carbocycles. The Balaban J connectivity index is 2.29. The molecule has 25 heavy (non-hydrogen) atoms. The van der Waals surface area contributed by atoms with Crippen LogP contribution in [0.3, 0.4) is 0 Å². The topological polar surface area (TPSA) is 133 Å². The summed E-state index contributed by atoms with van der Waals surface area (Å²) in [5.74, 6) is -0.194. The van der Waals surface area contributed by atoms with Crippen LogP contribution >= 0.6 is 39.1 Å². The quantitative estimate of drug-likeness (QED) is 0.206. The highest BCUT2D eigenvalue weighted by atomic mass is 79.9. The van der Waals surface area contributed by atoms with Crippen molar-refractivity contribution >= 4 is 55.9 Å². The second-order valence-corrected chi connectivity index (χ2v) is 7.10. The number of aromatic nitrogens is 1. The predicted octanol–water partition coefficient (Wildman–Crippen LogP) is 1.42. The van der Waals surface area contributed by atoms with Gasteiger partial charge in [0.25, 0.3) is 0 Å². The number of nitrogens with zero attached hydrogens (tertiary/aromatic N) is 2. The van der Waals surface area contributed by atoms with Crippen LogP contribution in [0.15, 0.2) is 21.9 Å². The minimum absolute atomic E-state index is 0.194. The summed E-state index contributed by atoms with van der Waals surface area (Å²) in [6, 6.07) is 3.07. The number of ether oxygens (including phenoxy) is 1. The Bertz CT molecular complexity index is 859. The largest absolute Gasteiger partial charge is 0.409 e. The molecule has 8 nitrogen and oxygen atoms in total. The van der Waals surface area contributed by atoms with E-state index in [1.54, 1.807) is 0 Å². The van der Waals surface area contributed by atoms with Gasteiger partial charge in [-0.3, -0.25) is 0 Å². The number of oxime groups is 1. The zero-order chi connectivity index (χ0) is 18.5. The fourth-order valence-corrected chi connectivity index (χ4v) is 4.04. The van der Waals surface area contributed by atoms with Gasteiger partial charge in [-0.15, -0.1) is 0 Å². The lowest BCUT2D eigenvalue weighted by Crippen LogP contribution is -2.33. The number of hydrogen-bond donors (Lipinski definition) is 5. The molecular weight excluding hydrogens is 441 g/mol. The van der Waals surface area contributed by atoms with Crippen LogP contribution < -0.4 is 5.73 Å². The van der Waals surface area contributed by atoms with E-state index in [1.165, 1.54) is 16.7 Å². The van der Waals surface area contributed by atoms with Crippen LogP contribution in [-0.4, -0.2) is 55.8 Å². The molecule has 1 saturated heterocycles. The van der Waals surface area contributed by atoms with Gasteiger partial charge in [-0.25, -0.2) is 0 Å². The Labute approximate surface area is 160 Å². The second kappa shape index (κ2) is 6.92. The monoisotopic (exact) mass is 453 g/mol. The first-order chi connectivity index (χ1) is 11.8. The summed E-state index contributed by atoms with van der Waals surface area (Å²) in [6.45, 7) is -0.467. The molecule has 6 N–H and O–H groups in total. The van der Waals surface area contributed by atoms with Crippen LogP contribution in [0.25, 0.3) is 10.9 Å². The zero-order valence-corrected chi connectivity index (χ0v) is 15.6. The molecule has 1 aliphatic heterocycles. The van der Waals surface area contributed by atoms with Crippen LogP contribution in [0, 0.1) is 0 Å².